The maximum absolute atomic E-state index is 14.7. The Morgan fingerprint density at radius 1 is 0.537 bits per heavy atom. The third kappa shape index (κ3) is 27.5. The van der Waals surface area contributed by atoms with Crippen LogP contribution in [0.15, 0.2) is 65.7 Å². The number of hydrogen-bond acceptors (Lipinski definition) is 17. The first-order valence-electron chi connectivity index (χ1n) is 32.2. The predicted molar refractivity (Wildman–Crippen MR) is 356 cm³/mol. The van der Waals surface area contributed by atoms with Crippen molar-refractivity contribution in [2.24, 2.45) is 51.0 Å². The second-order valence-corrected chi connectivity index (χ2v) is 25.1. The number of guanidine groups is 1. The molecule has 13 amide bonds. The summed E-state index contributed by atoms with van der Waals surface area (Å²) in [7, 11) is 0. The highest BCUT2D eigenvalue weighted by Gasteiger charge is 2.42. The number of carbonyl (C=O) groups is 13. The van der Waals surface area contributed by atoms with Gasteiger partial charge in [-0.05, 0) is 119 Å². The number of rotatable bonds is 42. The smallest absolute Gasteiger partial charge is 0.245 e. The minimum absolute atomic E-state index is 0.0736. The van der Waals surface area contributed by atoms with Gasteiger partial charge in [0.05, 0.1) is 12.6 Å². The number of primary amides is 3. The van der Waals surface area contributed by atoms with Gasteiger partial charge in [-0.1, -0.05) is 74.5 Å². The van der Waals surface area contributed by atoms with Crippen LogP contribution in [0.5, 0.6) is 0 Å². The summed E-state index contributed by atoms with van der Waals surface area (Å²) in [5, 5.41) is 21.1. The molecule has 0 aliphatic carbocycles. The maximum Gasteiger partial charge on any atom is 0.245 e. The summed E-state index contributed by atoms with van der Waals surface area (Å²) in [6.07, 6.45) is 3.12. The summed E-state index contributed by atoms with van der Waals surface area (Å²) in [6, 6.07) is 4.51. The van der Waals surface area contributed by atoms with E-state index in [1.54, 1.807) is 60.7 Å². The molecule has 0 saturated carbocycles. The SMILES string of the molecule is CSCC[C@H](NC(=O)[C@@H](CC(C)C)NC(=O)CNC(=O)[C@@H](Cc1ccccc1)NC(=O)[C@H](Cc1ccccc1)NC(=O)[C@H](CCC(N)=O)NC(=O)[C@H](CCC(N)=O)NC(=O)[C@H]1CCCN1C(=O)[C@@H](CCCCN)NC(=O)[C@H]1CCCN1C(=O)[C@@H](N)CCCN=C(N)N)C(N)=O. The third-order valence-electron chi connectivity index (χ3n) is 16.0. The van der Waals surface area contributed by atoms with Crippen LogP contribution in [0.3, 0.4) is 0 Å². The molecule has 0 radical (unpaired) electrons. The van der Waals surface area contributed by atoms with E-state index in [0.717, 1.165) is 0 Å². The number of hydrogen-bond donors (Lipinski definition) is 15. The molecule has 2 aliphatic heterocycles. The molecule has 0 aromatic heterocycles. The van der Waals surface area contributed by atoms with E-state index in [-0.39, 0.29) is 83.0 Å². The van der Waals surface area contributed by atoms with Crippen LogP contribution in [-0.2, 0) is 75.2 Å². The van der Waals surface area contributed by atoms with Crippen LogP contribution in [0.1, 0.15) is 121 Å². The number of aliphatic imine (C=N–C) groups is 1. The molecule has 10 atom stereocenters. The molecule has 32 heteroatoms. The monoisotopic (exact) mass is 1350 g/mol. The van der Waals surface area contributed by atoms with Crippen molar-refractivity contribution >= 4 is 94.5 Å². The summed E-state index contributed by atoms with van der Waals surface area (Å²) in [5.74, 6) is -9.80. The Morgan fingerprint density at radius 3 is 1.51 bits per heavy atom. The van der Waals surface area contributed by atoms with Crippen molar-refractivity contribution in [2.75, 3.05) is 44.7 Å². The van der Waals surface area contributed by atoms with Crippen LogP contribution in [0.25, 0.3) is 0 Å². The van der Waals surface area contributed by atoms with Gasteiger partial charge < -0.3 is 92.5 Å². The molecule has 2 aliphatic rings. The van der Waals surface area contributed by atoms with E-state index < -0.39 is 169 Å². The highest BCUT2D eigenvalue weighted by atomic mass is 32.2. The van der Waals surface area contributed by atoms with Crippen LogP contribution in [0.2, 0.25) is 0 Å². The highest BCUT2D eigenvalue weighted by molar-refractivity contribution is 7.98. The molecule has 2 saturated heterocycles. The fourth-order valence-electron chi connectivity index (χ4n) is 11.0. The molecule has 0 spiro atoms. The van der Waals surface area contributed by atoms with E-state index in [1.807, 2.05) is 20.1 Å². The van der Waals surface area contributed by atoms with E-state index in [1.165, 1.54) is 21.6 Å². The highest BCUT2D eigenvalue weighted by Crippen LogP contribution is 2.24. The predicted octanol–water partition coefficient (Wildman–Crippen LogP) is -3.71. The summed E-state index contributed by atoms with van der Waals surface area (Å²) < 4.78 is 0. The number of nitrogens with two attached hydrogens (primary N) is 7. The van der Waals surface area contributed by atoms with Crippen LogP contribution in [0.4, 0.5) is 0 Å². The van der Waals surface area contributed by atoms with Gasteiger partial charge in [0.25, 0.3) is 0 Å². The summed E-state index contributed by atoms with van der Waals surface area (Å²) in [6.45, 7) is 3.86. The zero-order valence-electron chi connectivity index (χ0n) is 54.5. The zero-order valence-corrected chi connectivity index (χ0v) is 55.3. The van der Waals surface area contributed by atoms with E-state index >= 15 is 0 Å². The lowest BCUT2D eigenvalue weighted by molar-refractivity contribution is -0.144. The molecule has 4 rings (SSSR count). The number of benzene rings is 2. The van der Waals surface area contributed by atoms with Crippen molar-refractivity contribution < 1.29 is 62.3 Å². The topological polar surface area (TPSA) is 519 Å². The van der Waals surface area contributed by atoms with Crippen LogP contribution in [0, 0.1) is 5.92 Å². The third-order valence-corrected chi connectivity index (χ3v) is 16.7. The molecular weight excluding hydrogens is 1250 g/mol. The number of likely N-dealkylation sites (tertiary alicyclic amines) is 2. The minimum Gasteiger partial charge on any atom is -0.370 e. The molecule has 524 valence electrons. The number of nitrogens with one attached hydrogen (secondary N) is 8. The fourth-order valence-corrected chi connectivity index (χ4v) is 11.5. The lowest BCUT2D eigenvalue weighted by Crippen LogP contribution is -2.60. The van der Waals surface area contributed by atoms with E-state index in [0.29, 0.717) is 55.4 Å². The van der Waals surface area contributed by atoms with Crippen LogP contribution < -0.4 is 82.7 Å². The van der Waals surface area contributed by atoms with Gasteiger partial charge in [-0.25, -0.2) is 0 Å². The van der Waals surface area contributed by atoms with Crippen LogP contribution in [-0.4, -0.2) is 198 Å². The van der Waals surface area contributed by atoms with Crippen molar-refractivity contribution in [3.05, 3.63) is 71.8 Å². The van der Waals surface area contributed by atoms with Crippen LogP contribution >= 0.6 is 11.8 Å². The van der Waals surface area contributed by atoms with Gasteiger partial charge in [0.15, 0.2) is 5.96 Å². The molecule has 0 bridgehead atoms. The molecule has 0 unspecified atom stereocenters. The Labute approximate surface area is 558 Å². The summed E-state index contributed by atoms with van der Waals surface area (Å²) in [5.41, 5.74) is 40.6. The fraction of sp³-hybridized carbons (Fsp3) is 0.587. The number of nitrogens with zero attached hydrogens (tertiary/aromatic N) is 3. The maximum atomic E-state index is 14.7. The van der Waals surface area contributed by atoms with Crippen molar-refractivity contribution in [3.63, 3.8) is 0 Å². The van der Waals surface area contributed by atoms with Gasteiger partial charge in [0.2, 0.25) is 76.8 Å². The summed E-state index contributed by atoms with van der Waals surface area (Å²) >= 11 is 1.45. The Balaban J connectivity index is 1.56. The van der Waals surface area contributed by atoms with Crippen molar-refractivity contribution in [1.82, 2.24) is 52.3 Å². The second kappa shape index (κ2) is 41.0. The number of thioether (sulfide) groups is 1. The van der Waals surface area contributed by atoms with Crippen molar-refractivity contribution in [1.29, 1.82) is 0 Å². The average Bonchev–Trinajstić information content (AvgIpc) is 1.74. The Bertz CT molecular complexity index is 2960. The van der Waals surface area contributed by atoms with Gasteiger partial charge in [-0.15, -0.1) is 0 Å². The van der Waals surface area contributed by atoms with E-state index in [4.69, 9.17) is 40.1 Å². The van der Waals surface area contributed by atoms with Crippen molar-refractivity contribution in [2.45, 2.75) is 183 Å². The molecule has 2 heterocycles. The molecule has 2 aromatic rings. The lowest BCUT2D eigenvalue weighted by atomic mass is 10.0. The molecule has 2 aromatic carbocycles. The Hall–Kier alpha value is -8.91. The van der Waals surface area contributed by atoms with Gasteiger partial charge >= 0.3 is 0 Å². The largest absolute Gasteiger partial charge is 0.370 e. The molecular formula is C63H98N18O13S. The van der Waals surface area contributed by atoms with E-state index in [2.05, 4.69) is 47.5 Å². The number of amides is 13. The molecule has 2 fully saturated rings. The Morgan fingerprint density at radius 2 is 1.01 bits per heavy atom. The number of carbonyl (C=O) groups excluding carboxylic acids is 13. The van der Waals surface area contributed by atoms with Crippen molar-refractivity contribution in [3.8, 4) is 0 Å². The van der Waals surface area contributed by atoms with Gasteiger partial charge in [-0.2, -0.15) is 11.8 Å². The Kier molecular flexibility index (Phi) is 33.9. The normalized spacial score (nSPS) is 16.8. The van der Waals surface area contributed by atoms with Gasteiger partial charge in [0.1, 0.15) is 54.4 Å². The molecule has 95 heavy (non-hydrogen) atoms. The first-order chi connectivity index (χ1) is 45.2. The first kappa shape index (κ1) is 78.5. The lowest BCUT2D eigenvalue weighted by Gasteiger charge is -2.32. The van der Waals surface area contributed by atoms with Gasteiger partial charge in [-0.3, -0.25) is 67.3 Å². The molecule has 22 N–H and O–H groups in total. The molecule has 31 nitrogen and oxygen atoms in total. The van der Waals surface area contributed by atoms with E-state index in [9.17, 15) is 62.3 Å². The first-order valence-corrected chi connectivity index (χ1v) is 33.6. The standard InChI is InChI=1S/C63H98N18O13S/c1-37(2)33-45(57(89)74-41(53(68)85)27-32-95-3)73-52(84)36-72-54(86)46(34-38-15-6-4-7-16-38)78-58(90)47(35-39-17-8-5-9-18-39)79-56(88)42(23-25-50(66)82)75-55(87)43(24-26-51(67)83)76-59(91)49-22-14-31-81(49)62(94)44(20-10-11-28-64)77-60(92)48-21-13-30-80(48)61(93)40(65)19-12-29-71-63(69)70/h4-9,15-18,37,40-49H,10-14,19-36,64-65H2,1-3H3,(H2,66,82)(H2,67,83)(H2,68,85)(H,72,86)(H,73,84)(H,74,89)(H,75,87)(H,76,91)(H,77,92)(H,78,90)(H,79,88)(H4,69,70,71)/t40-,41-,42-,43-,44+,45+,46+,47-,48+,49+/m0/s1. The quantitative estimate of drug-likeness (QED) is 0.0173. The van der Waals surface area contributed by atoms with Gasteiger partial charge in [0, 0.05) is 45.3 Å². The summed E-state index contributed by atoms with van der Waals surface area (Å²) in [4.78, 5) is 185. The minimum atomic E-state index is -1.64. The second-order valence-electron chi connectivity index (χ2n) is 24.1. The zero-order chi connectivity index (χ0) is 70.1. The average molecular weight is 1350 g/mol. The number of unbranched alkanes of at least 4 members (excludes halogenated alkanes) is 1.